The summed E-state index contributed by atoms with van der Waals surface area (Å²) in [5.41, 5.74) is 2.26. The van der Waals surface area contributed by atoms with Crippen molar-refractivity contribution in [3.05, 3.63) is 90.9 Å². The molecule has 3 heterocycles. The zero-order valence-corrected chi connectivity index (χ0v) is 18.2. The lowest BCUT2D eigenvalue weighted by atomic mass is 9.96. The van der Waals surface area contributed by atoms with Gasteiger partial charge in [-0.1, -0.05) is 29.5 Å². The molecule has 8 heteroatoms. The van der Waals surface area contributed by atoms with Crippen molar-refractivity contribution in [1.29, 1.82) is 0 Å². The fourth-order valence-electron chi connectivity index (χ4n) is 3.51. The number of hydrogen-bond donors (Lipinski definition) is 0. The second-order valence-electron chi connectivity index (χ2n) is 6.86. The molecule has 31 heavy (non-hydrogen) atoms. The van der Waals surface area contributed by atoms with Crippen LogP contribution in [0.5, 0.6) is 5.75 Å². The van der Waals surface area contributed by atoms with E-state index in [2.05, 4.69) is 9.98 Å². The lowest BCUT2D eigenvalue weighted by Crippen LogP contribution is -2.39. The minimum atomic E-state index is -0.641. The van der Waals surface area contributed by atoms with Gasteiger partial charge < -0.3 is 9.47 Å². The number of carbonyl (C=O) groups is 1. The SMILES string of the molecule is CCOC(=O)C1=C(C)N=c2s/c(=C/c3cccnc3)c(=O)n2[C@H]1c1ccc(OC)cc1. The van der Waals surface area contributed by atoms with Crippen LogP contribution in [-0.2, 0) is 9.53 Å². The zero-order chi connectivity index (χ0) is 22.0. The highest BCUT2D eigenvalue weighted by Crippen LogP contribution is 2.31. The maximum atomic E-state index is 13.4. The summed E-state index contributed by atoms with van der Waals surface area (Å²) in [6.07, 6.45) is 5.15. The van der Waals surface area contributed by atoms with Crippen molar-refractivity contribution in [3.8, 4) is 5.75 Å². The number of rotatable bonds is 5. The van der Waals surface area contributed by atoms with Crippen LogP contribution in [0.2, 0.25) is 0 Å². The van der Waals surface area contributed by atoms with Crippen molar-refractivity contribution < 1.29 is 14.3 Å². The molecule has 3 aromatic rings. The van der Waals surface area contributed by atoms with Crippen molar-refractivity contribution in [2.45, 2.75) is 19.9 Å². The van der Waals surface area contributed by atoms with Gasteiger partial charge in [0.05, 0.1) is 35.6 Å². The number of hydrogen-bond acceptors (Lipinski definition) is 7. The van der Waals surface area contributed by atoms with E-state index in [1.54, 1.807) is 56.1 Å². The van der Waals surface area contributed by atoms with Gasteiger partial charge in [-0.2, -0.15) is 0 Å². The van der Waals surface area contributed by atoms with Crippen LogP contribution in [-0.4, -0.2) is 29.2 Å². The van der Waals surface area contributed by atoms with Crippen LogP contribution in [0.15, 0.2) is 69.8 Å². The number of ether oxygens (including phenoxy) is 2. The first-order valence-corrected chi connectivity index (χ1v) is 10.6. The smallest absolute Gasteiger partial charge is 0.338 e. The highest BCUT2D eigenvalue weighted by Gasteiger charge is 2.33. The van der Waals surface area contributed by atoms with Crippen molar-refractivity contribution in [2.24, 2.45) is 4.99 Å². The molecule has 0 aliphatic carbocycles. The van der Waals surface area contributed by atoms with Gasteiger partial charge in [0.1, 0.15) is 5.75 Å². The summed E-state index contributed by atoms with van der Waals surface area (Å²) in [4.78, 5) is 35.5. The van der Waals surface area contributed by atoms with Gasteiger partial charge in [0.2, 0.25) is 0 Å². The van der Waals surface area contributed by atoms with Gasteiger partial charge >= 0.3 is 5.97 Å². The predicted molar refractivity (Wildman–Crippen MR) is 118 cm³/mol. The first kappa shape index (κ1) is 20.7. The Morgan fingerprint density at radius 2 is 2.03 bits per heavy atom. The molecule has 7 nitrogen and oxygen atoms in total. The number of aromatic nitrogens is 2. The van der Waals surface area contributed by atoms with Crippen LogP contribution in [0.25, 0.3) is 6.08 Å². The van der Waals surface area contributed by atoms with Crippen molar-refractivity contribution in [3.63, 3.8) is 0 Å². The van der Waals surface area contributed by atoms with E-state index in [0.29, 0.717) is 26.4 Å². The summed E-state index contributed by atoms with van der Waals surface area (Å²) in [6, 6.07) is 10.3. The summed E-state index contributed by atoms with van der Waals surface area (Å²) >= 11 is 1.28. The van der Waals surface area contributed by atoms with Crippen LogP contribution >= 0.6 is 11.3 Å². The average molecular weight is 436 g/mol. The Labute approximate surface area is 182 Å². The molecule has 1 atom stereocenters. The quantitative estimate of drug-likeness (QED) is 0.574. The highest BCUT2D eigenvalue weighted by atomic mass is 32.1. The number of carbonyl (C=O) groups excluding carboxylic acids is 1. The molecule has 2 aromatic heterocycles. The molecule has 1 aliphatic rings. The van der Waals surface area contributed by atoms with Gasteiger partial charge in [-0.15, -0.1) is 0 Å². The Balaban J connectivity index is 1.95. The van der Waals surface area contributed by atoms with Gasteiger partial charge in [0.15, 0.2) is 4.80 Å². The monoisotopic (exact) mass is 435 g/mol. The molecule has 0 bridgehead atoms. The maximum absolute atomic E-state index is 13.4. The van der Waals surface area contributed by atoms with Gasteiger partial charge in [0, 0.05) is 12.4 Å². The van der Waals surface area contributed by atoms with E-state index in [1.807, 2.05) is 24.3 Å². The molecule has 0 N–H and O–H groups in total. The Morgan fingerprint density at radius 1 is 1.26 bits per heavy atom. The minimum Gasteiger partial charge on any atom is -0.497 e. The second-order valence-corrected chi connectivity index (χ2v) is 7.87. The van der Waals surface area contributed by atoms with E-state index in [1.165, 1.54) is 11.3 Å². The number of thiazole rings is 1. The van der Waals surface area contributed by atoms with E-state index in [4.69, 9.17) is 9.47 Å². The topological polar surface area (TPSA) is 82.8 Å². The standard InChI is InChI=1S/C23H21N3O4S/c1-4-30-22(28)19-14(2)25-23-26(20(19)16-7-9-17(29-3)10-8-16)21(27)18(31-23)12-15-6-5-11-24-13-15/h5-13,20H,4H2,1-3H3/b18-12+/t20-/m0/s1. The molecule has 4 rings (SSSR count). The highest BCUT2D eigenvalue weighted by molar-refractivity contribution is 7.07. The van der Waals surface area contributed by atoms with E-state index in [0.717, 1.165) is 11.1 Å². The van der Waals surface area contributed by atoms with E-state index in [-0.39, 0.29) is 12.2 Å². The van der Waals surface area contributed by atoms with Gasteiger partial charge in [-0.25, -0.2) is 9.79 Å². The summed E-state index contributed by atoms with van der Waals surface area (Å²) in [5.74, 6) is 0.206. The Hall–Kier alpha value is -3.52. The van der Waals surface area contributed by atoms with Gasteiger partial charge in [-0.3, -0.25) is 14.3 Å². The molecule has 0 unspecified atom stereocenters. The first-order valence-electron chi connectivity index (χ1n) is 9.77. The summed E-state index contributed by atoms with van der Waals surface area (Å²) < 4.78 is 12.6. The number of allylic oxidation sites excluding steroid dienone is 1. The zero-order valence-electron chi connectivity index (χ0n) is 17.4. The molecule has 0 fully saturated rings. The molecule has 0 saturated heterocycles. The van der Waals surface area contributed by atoms with E-state index in [9.17, 15) is 9.59 Å². The van der Waals surface area contributed by atoms with Crippen molar-refractivity contribution >= 4 is 23.4 Å². The summed E-state index contributed by atoms with van der Waals surface area (Å²) in [7, 11) is 1.59. The lowest BCUT2D eigenvalue weighted by Gasteiger charge is -2.24. The summed E-state index contributed by atoms with van der Waals surface area (Å²) in [6.45, 7) is 3.75. The average Bonchev–Trinajstić information content (AvgIpc) is 3.08. The minimum absolute atomic E-state index is 0.220. The second kappa shape index (κ2) is 8.69. The van der Waals surface area contributed by atoms with Crippen molar-refractivity contribution in [2.75, 3.05) is 13.7 Å². The molecule has 158 valence electrons. The molecule has 0 saturated carbocycles. The largest absolute Gasteiger partial charge is 0.497 e. The third kappa shape index (κ3) is 3.94. The third-order valence-corrected chi connectivity index (χ3v) is 5.91. The molecule has 1 aliphatic heterocycles. The van der Waals surface area contributed by atoms with Crippen molar-refractivity contribution in [1.82, 2.24) is 9.55 Å². The molecular weight excluding hydrogens is 414 g/mol. The summed E-state index contributed by atoms with van der Waals surface area (Å²) in [5, 5.41) is 0. The number of nitrogens with zero attached hydrogens (tertiary/aromatic N) is 3. The molecule has 0 spiro atoms. The fourth-order valence-corrected chi connectivity index (χ4v) is 4.55. The van der Waals surface area contributed by atoms with E-state index < -0.39 is 12.0 Å². The third-order valence-electron chi connectivity index (χ3n) is 4.93. The number of pyridine rings is 1. The fraction of sp³-hybridized carbons (Fsp3) is 0.217. The molecule has 0 radical (unpaired) electrons. The van der Waals surface area contributed by atoms with Gasteiger partial charge in [-0.05, 0) is 49.2 Å². The maximum Gasteiger partial charge on any atom is 0.338 e. The first-order chi connectivity index (χ1) is 15.0. The molecule has 0 amide bonds. The van der Waals surface area contributed by atoms with Crippen LogP contribution < -0.4 is 19.6 Å². The van der Waals surface area contributed by atoms with E-state index >= 15 is 0 Å². The molecular formula is C23H21N3O4S. The van der Waals surface area contributed by atoms with Crippen LogP contribution in [0.1, 0.15) is 31.0 Å². The van der Waals surface area contributed by atoms with Crippen LogP contribution in [0, 0.1) is 0 Å². The Morgan fingerprint density at radius 3 is 2.68 bits per heavy atom. The van der Waals surface area contributed by atoms with Crippen LogP contribution in [0.3, 0.4) is 0 Å². The van der Waals surface area contributed by atoms with Gasteiger partial charge in [0.25, 0.3) is 5.56 Å². The molecule has 1 aromatic carbocycles. The number of benzene rings is 1. The normalized spacial score (nSPS) is 16.0. The number of methoxy groups -OCH3 is 1. The Bertz CT molecular complexity index is 1320. The lowest BCUT2D eigenvalue weighted by molar-refractivity contribution is -0.139. The predicted octanol–water partition coefficient (Wildman–Crippen LogP) is 2.20. The number of esters is 1. The Kier molecular flexibility index (Phi) is 5.81. The number of fused-ring (bicyclic) bond motifs is 1. The van der Waals surface area contributed by atoms with Crippen LogP contribution in [0.4, 0.5) is 0 Å².